The van der Waals surface area contributed by atoms with Crippen LogP contribution in [0, 0.1) is 17.8 Å². The summed E-state index contributed by atoms with van der Waals surface area (Å²) in [6, 6.07) is 0. The summed E-state index contributed by atoms with van der Waals surface area (Å²) in [5.74, 6) is -0.595. The van der Waals surface area contributed by atoms with Gasteiger partial charge >= 0.3 is 5.97 Å². The number of ether oxygens (including phenoxy) is 2. The van der Waals surface area contributed by atoms with Crippen molar-refractivity contribution < 1.29 is 29.1 Å². The smallest absolute Gasteiger partial charge is 0.334 e. The Labute approximate surface area is 154 Å². The molecule has 0 spiro atoms. The Hall–Kier alpha value is -1.21. The lowest BCUT2D eigenvalue weighted by molar-refractivity contribution is -0.367. The van der Waals surface area contributed by atoms with Gasteiger partial charge in [-0.25, -0.2) is 14.6 Å². The SMILES string of the molecule is C=C1C(=O)O[C@H]2[C@H]1C[C@@H](OC[C@@H](C)CC)[C@@](C)(O)[C@@]13C=C[C@@](C)(OO1)[C@H]23. The van der Waals surface area contributed by atoms with Gasteiger partial charge in [0.1, 0.15) is 17.3 Å². The summed E-state index contributed by atoms with van der Waals surface area (Å²) in [6.45, 7) is 12.3. The van der Waals surface area contributed by atoms with Crippen LogP contribution in [0.5, 0.6) is 0 Å². The number of carbonyl (C=O) groups is 1. The number of rotatable bonds is 4. The molecule has 0 aromatic heterocycles. The zero-order valence-corrected chi connectivity index (χ0v) is 15.9. The monoisotopic (exact) mass is 364 g/mol. The van der Waals surface area contributed by atoms with E-state index in [0.29, 0.717) is 24.5 Å². The molecule has 0 aromatic rings. The van der Waals surface area contributed by atoms with Gasteiger partial charge in [-0.15, -0.1) is 0 Å². The summed E-state index contributed by atoms with van der Waals surface area (Å²) >= 11 is 0. The molecule has 1 N–H and O–H groups in total. The minimum atomic E-state index is -1.34. The van der Waals surface area contributed by atoms with E-state index in [9.17, 15) is 9.90 Å². The first-order chi connectivity index (χ1) is 12.2. The van der Waals surface area contributed by atoms with Crippen LogP contribution in [-0.2, 0) is 24.0 Å². The fourth-order valence-electron chi connectivity index (χ4n) is 4.93. The third kappa shape index (κ3) is 2.16. The summed E-state index contributed by atoms with van der Waals surface area (Å²) in [5.41, 5.74) is -2.78. The summed E-state index contributed by atoms with van der Waals surface area (Å²) in [5, 5.41) is 11.6. The maximum atomic E-state index is 12.2. The first kappa shape index (κ1) is 18.2. The van der Waals surface area contributed by atoms with Crippen molar-refractivity contribution in [1.29, 1.82) is 0 Å². The molecule has 2 aliphatic heterocycles. The predicted molar refractivity (Wildman–Crippen MR) is 92.9 cm³/mol. The third-order valence-corrected chi connectivity index (χ3v) is 6.94. The first-order valence-corrected chi connectivity index (χ1v) is 9.47. The normalized spacial score (nSPS) is 50.3. The van der Waals surface area contributed by atoms with Crippen molar-refractivity contribution in [2.24, 2.45) is 17.8 Å². The van der Waals surface area contributed by atoms with E-state index in [1.807, 2.05) is 19.1 Å². The average molecular weight is 364 g/mol. The van der Waals surface area contributed by atoms with E-state index >= 15 is 0 Å². The second-order valence-corrected chi connectivity index (χ2v) is 8.67. The van der Waals surface area contributed by atoms with Crippen LogP contribution < -0.4 is 0 Å². The molecule has 0 unspecified atom stereocenters. The highest BCUT2D eigenvalue weighted by atomic mass is 17.2. The molecule has 2 saturated heterocycles. The van der Waals surface area contributed by atoms with E-state index in [4.69, 9.17) is 19.2 Å². The van der Waals surface area contributed by atoms with Crippen molar-refractivity contribution in [3.05, 3.63) is 24.3 Å². The molecule has 26 heavy (non-hydrogen) atoms. The van der Waals surface area contributed by atoms with Gasteiger partial charge in [0, 0.05) is 18.1 Å². The Kier molecular flexibility index (Phi) is 3.94. The summed E-state index contributed by atoms with van der Waals surface area (Å²) < 4.78 is 11.9. The summed E-state index contributed by atoms with van der Waals surface area (Å²) in [7, 11) is 0. The largest absolute Gasteiger partial charge is 0.458 e. The quantitative estimate of drug-likeness (QED) is 0.357. The molecule has 144 valence electrons. The van der Waals surface area contributed by atoms with Crippen molar-refractivity contribution in [2.45, 2.75) is 69.5 Å². The second kappa shape index (κ2) is 5.64. The van der Waals surface area contributed by atoms with Gasteiger partial charge in [-0.3, -0.25) is 0 Å². The van der Waals surface area contributed by atoms with Crippen molar-refractivity contribution in [3.8, 4) is 0 Å². The summed E-state index contributed by atoms with van der Waals surface area (Å²) in [6.07, 6.45) is 4.22. The lowest BCUT2D eigenvalue weighted by Crippen LogP contribution is -2.61. The van der Waals surface area contributed by atoms with E-state index in [0.717, 1.165) is 6.42 Å². The second-order valence-electron chi connectivity index (χ2n) is 8.67. The molecule has 1 saturated carbocycles. The Bertz CT molecular complexity index is 669. The topological polar surface area (TPSA) is 74.2 Å². The lowest BCUT2D eigenvalue weighted by atomic mass is 9.70. The van der Waals surface area contributed by atoms with Crippen LogP contribution in [0.25, 0.3) is 0 Å². The van der Waals surface area contributed by atoms with E-state index in [1.165, 1.54) is 0 Å². The van der Waals surface area contributed by atoms with Crippen LogP contribution in [0.15, 0.2) is 24.3 Å². The molecule has 8 atom stereocenters. The van der Waals surface area contributed by atoms with Crippen molar-refractivity contribution in [1.82, 2.24) is 0 Å². The van der Waals surface area contributed by atoms with Gasteiger partial charge in [-0.2, -0.15) is 0 Å². The van der Waals surface area contributed by atoms with Gasteiger partial charge in [0.05, 0.1) is 12.0 Å². The van der Waals surface area contributed by atoms with E-state index in [2.05, 4.69) is 20.4 Å². The molecule has 0 amide bonds. The Morgan fingerprint density at radius 1 is 1.38 bits per heavy atom. The molecule has 2 bridgehead atoms. The van der Waals surface area contributed by atoms with Crippen LogP contribution in [0.3, 0.4) is 0 Å². The van der Waals surface area contributed by atoms with Crippen LogP contribution in [-0.4, -0.2) is 46.7 Å². The van der Waals surface area contributed by atoms with E-state index in [1.54, 1.807) is 6.92 Å². The standard InChI is InChI=1S/C20H28O6/c1-6-11(2)10-23-14-9-13-12(3)17(21)24-15(13)16-18(4)7-8-20(16,26-25-18)19(14,5)22/h7-8,11,13-16,22H,3,6,9-10H2,1-2,4-5H3/t11-,13-,14+,15-,16-,18+,19+,20-/m0/s1. The molecule has 4 rings (SSSR count). The molecule has 0 radical (unpaired) electrons. The highest BCUT2D eigenvalue weighted by Gasteiger charge is 2.75. The Balaban J connectivity index is 1.76. The van der Waals surface area contributed by atoms with Gasteiger partial charge in [-0.05, 0) is 32.3 Å². The Morgan fingerprint density at radius 2 is 2.12 bits per heavy atom. The molecular weight excluding hydrogens is 336 g/mol. The van der Waals surface area contributed by atoms with Crippen molar-refractivity contribution in [3.63, 3.8) is 0 Å². The van der Waals surface area contributed by atoms with Crippen LogP contribution in [0.4, 0.5) is 0 Å². The molecule has 6 heteroatoms. The molecule has 0 aromatic carbocycles. The number of aliphatic hydroxyl groups is 1. The predicted octanol–water partition coefficient (Wildman–Crippen LogP) is 2.32. The van der Waals surface area contributed by atoms with Gasteiger partial charge in [0.25, 0.3) is 0 Å². The van der Waals surface area contributed by atoms with Gasteiger partial charge in [0.2, 0.25) is 0 Å². The lowest BCUT2D eigenvalue weighted by Gasteiger charge is -2.43. The maximum absolute atomic E-state index is 12.2. The van der Waals surface area contributed by atoms with Crippen molar-refractivity contribution in [2.75, 3.05) is 6.61 Å². The molecule has 2 aliphatic carbocycles. The highest BCUT2D eigenvalue weighted by molar-refractivity contribution is 5.91. The van der Waals surface area contributed by atoms with E-state index in [-0.39, 0.29) is 17.8 Å². The fourth-order valence-corrected chi connectivity index (χ4v) is 4.93. The molecular formula is C20H28O6. The molecule has 3 fully saturated rings. The zero-order chi connectivity index (χ0) is 18.9. The minimum absolute atomic E-state index is 0.229. The van der Waals surface area contributed by atoms with Gasteiger partial charge in [-0.1, -0.05) is 32.9 Å². The average Bonchev–Trinajstić information content (AvgIpc) is 3.15. The minimum Gasteiger partial charge on any atom is -0.458 e. The van der Waals surface area contributed by atoms with Crippen LogP contribution in [0.2, 0.25) is 0 Å². The number of carbonyl (C=O) groups excluding carboxylic acids is 1. The number of fused-ring (bicyclic) bond motifs is 1. The maximum Gasteiger partial charge on any atom is 0.334 e. The fraction of sp³-hybridized carbons (Fsp3) is 0.750. The number of hydrogen-bond donors (Lipinski definition) is 1. The third-order valence-electron chi connectivity index (χ3n) is 6.94. The van der Waals surface area contributed by atoms with Crippen molar-refractivity contribution >= 4 is 5.97 Å². The van der Waals surface area contributed by atoms with Crippen LogP contribution >= 0.6 is 0 Å². The van der Waals surface area contributed by atoms with Crippen LogP contribution in [0.1, 0.15) is 40.5 Å². The highest BCUT2D eigenvalue weighted by Crippen LogP contribution is 2.61. The number of esters is 1. The van der Waals surface area contributed by atoms with Gasteiger partial charge in [0.15, 0.2) is 5.60 Å². The van der Waals surface area contributed by atoms with Gasteiger partial charge < -0.3 is 14.6 Å². The Morgan fingerprint density at radius 3 is 2.73 bits per heavy atom. The molecule has 2 heterocycles. The molecule has 4 aliphatic rings. The summed E-state index contributed by atoms with van der Waals surface area (Å²) in [4.78, 5) is 23.6. The number of hydrogen-bond acceptors (Lipinski definition) is 6. The zero-order valence-electron chi connectivity index (χ0n) is 15.9. The molecule has 6 nitrogen and oxygen atoms in total. The first-order valence-electron chi connectivity index (χ1n) is 9.47. The van der Waals surface area contributed by atoms with E-state index < -0.39 is 29.0 Å².